The normalized spacial score (nSPS) is 18.8. The average molecular weight is 356 g/mol. The molecule has 0 bridgehead atoms. The monoisotopic (exact) mass is 356 g/mol. The van der Waals surface area contributed by atoms with Gasteiger partial charge in [-0.3, -0.25) is 0 Å². The number of aryl methyl sites for hydroxylation is 1. The highest BCUT2D eigenvalue weighted by Crippen LogP contribution is 2.32. The zero-order valence-electron chi connectivity index (χ0n) is 15.8. The highest BCUT2D eigenvalue weighted by Gasteiger charge is 2.22. The summed E-state index contributed by atoms with van der Waals surface area (Å²) in [5, 5.41) is 10.4. The van der Waals surface area contributed by atoms with Crippen LogP contribution >= 0.6 is 0 Å². The Kier molecular flexibility index (Phi) is 6.67. The molecule has 0 aliphatic heterocycles. The number of fused-ring (bicyclic) bond motifs is 1. The Bertz CT molecular complexity index is 686. The van der Waals surface area contributed by atoms with Crippen molar-refractivity contribution in [2.24, 2.45) is 0 Å². The Morgan fingerprint density at radius 2 is 1.92 bits per heavy atom. The minimum atomic E-state index is -0.456. The van der Waals surface area contributed by atoms with Gasteiger partial charge in [0.2, 0.25) is 0 Å². The highest BCUT2D eigenvalue weighted by atomic mass is 16.5. The van der Waals surface area contributed by atoms with Crippen LogP contribution in [0.15, 0.2) is 48.5 Å². The summed E-state index contributed by atoms with van der Waals surface area (Å²) in [6.45, 7) is 1.92. The maximum Gasteiger partial charge on any atom is 0.126 e. The standard InChI is InChI=1S/C22H29NO3/c1-23(14-17-10-12-20(25-2)13-11-17)15-19(24)16-26-22-9-5-7-18-6-3-4-8-21(18)22/h3-4,6,8,10-13,19,22,24H,5,7,9,14-16H2,1-2H3/p+1/t19-,22+/m0/s1. The molecule has 2 N–H and O–H groups in total. The first-order valence-corrected chi connectivity index (χ1v) is 9.47. The first kappa shape index (κ1) is 18.9. The number of benzene rings is 2. The van der Waals surface area contributed by atoms with E-state index in [1.807, 2.05) is 12.1 Å². The molecule has 2 aromatic carbocycles. The van der Waals surface area contributed by atoms with E-state index < -0.39 is 6.10 Å². The van der Waals surface area contributed by atoms with Gasteiger partial charge < -0.3 is 19.5 Å². The SMILES string of the molecule is COc1ccc(C[NH+](C)C[C@H](O)CO[C@@H]2CCCc3ccccc32)cc1. The number of rotatable bonds is 8. The van der Waals surface area contributed by atoms with Gasteiger partial charge in [-0.05, 0) is 54.7 Å². The second-order valence-corrected chi connectivity index (χ2v) is 7.25. The van der Waals surface area contributed by atoms with Gasteiger partial charge >= 0.3 is 0 Å². The number of hydrogen-bond acceptors (Lipinski definition) is 3. The van der Waals surface area contributed by atoms with Gasteiger partial charge in [-0.1, -0.05) is 24.3 Å². The summed E-state index contributed by atoms with van der Waals surface area (Å²) in [4.78, 5) is 1.26. The molecule has 1 aliphatic rings. The van der Waals surface area contributed by atoms with Crippen LogP contribution < -0.4 is 9.64 Å². The molecule has 0 amide bonds. The number of nitrogens with one attached hydrogen (secondary N) is 1. The summed E-state index contributed by atoms with van der Waals surface area (Å²) in [6, 6.07) is 16.6. The van der Waals surface area contributed by atoms with Crippen molar-refractivity contribution in [3.05, 3.63) is 65.2 Å². The first-order chi connectivity index (χ1) is 12.7. The van der Waals surface area contributed by atoms with Crippen molar-refractivity contribution in [3.63, 3.8) is 0 Å². The van der Waals surface area contributed by atoms with E-state index in [0.29, 0.717) is 13.2 Å². The number of quaternary nitrogens is 1. The smallest absolute Gasteiger partial charge is 0.126 e. The van der Waals surface area contributed by atoms with E-state index >= 15 is 0 Å². The fourth-order valence-electron chi connectivity index (χ4n) is 3.73. The van der Waals surface area contributed by atoms with Crippen molar-refractivity contribution in [1.29, 1.82) is 0 Å². The first-order valence-electron chi connectivity index (χ1n) is 9.47. The Morgan fingerprint density at radius 1 is 1.15 bits per heavy atom. The van der Waals surface area contributed by atoms with Crippen molar-refractivity contribution < 1.29 is 19.5 Å². The lowest BCUT2D eigenvalue weighted by Crippen LogP contribution is -3.08. The van der Waals surface area contributed by atoms with Gasteiger partial charge in [0.05, 0.1) is 26.9 Å². The third kappa shape index (κ3) is 5.07. The molecule has 0 heterocycles. The molecule has 1 unspecified atom stereocenters. The van der Waals surface area contributed by atoms with Gasteiger partial charge in [-0.15, -0.1) is 0 Å². The van der Waals surface area contributed by atoms with Gasteiger partial charge in [0.15, 0.2) is 0 Å². The maximum absolute atomic E-state index is 10.4. The fourth-order valence-corrected chi connectivity index (χ4v) is 3.73. The summed E-state index contributed by atoms with van der Waals surface area (Å²) >= 11 is 0. The van der Waals surface area contributed by atoms with E-state index in [4.69, 9.17) is 9.47 Å². The molecular formula is C22H30NO3+. The second-order valence-electron chi connectivity index (χ2n) is 7.25. The molecule has 4 nitrogen and oxygen atoms in total. The number of likely N-dealkylation sites (N-methyl/N-ethyl adjacent to an activating group) is 1. The zero-order chi connectivity index (χ0) is 18.4. The molecule has 0 fully saturated rings. The quantitative estimate of drug-likeness (QED) is 0.762. The summed E-state index contributed by atoms with van der Waals surface area (Å²) in [5.74, 6) is 0.868. The minimum Gasteiger partial charge on any atom is -0.497 e. The van der Waals surface area contributed by atoms with Crippen molar-refractivity contribution in [1.82, 2.24) is 0 Å². The van der Waals surface area contributed by atoms with E-state index in [-0.39, 0.29) is 6.10 Å². The van der Waals surface area contributed by atoms with Gasteiger partial charge in [0.1, 0.15) is 24.9 Å². The molecule has 0 radical (unpaired) electrons. The van der Waals surface area contributed by atoms with Crippen LogP contribution in [0, 0.1) is 0 Å². The van der Waals surface area contributed by atoms with Crippen molar-refractivity contribution in [3.8, 4) is 5.75 Å². The molecule has 0 spiro atoms. The van der Waals surface area contributed by atoms with Crippen molar-refractivity contribution in [2.45, 2.75) is 38.0 Å². The Balaban J connectivity index is 1.46. The molecule has 0 aromatic heterocycles. The topological polar surface area (TPSA) is 43.1 Å². The Hall–Kier alpha value is -1.88. The number of methoxy groups -OCH3 is 1. The molecule has 2 aromatic rings. The van der Waals surface area contributed by atoms with E-state index in [2.05, 4.69) is 43.4 Å². The van der Waals surface area contributed by atoms with Crippen LogP contribution in [0.2, 0.25) is 0 Å². The summed E-state index contributed by atoms with van der Waals surface area (Å²) in [7, 11) is 3.77. The van der Waals surface area contributed by atoms with Crippen LogP contribution in [0.4, 0.5) is 0 Å². The van der Waals surface area contributed by atoms with Crippen molar-refractivity contribution >= 4 is 0 Å². The van der Waals surface area contributed by atoms with Crippen molar-refractivity contribution in [2.75, 3.05) is 27.3 Å². The van der Waals surface area contributed by atoms with Crippen LogP contribution in [0.3, 0.4) is 0 Å². The summed E-state index contributed by atoms with van der Waals surface area (Å²) < 4.78 is 11.3. The molecular weight excluding hydrogens is 326 g/mol. The van der Waals surface area contributed by atoms with Crippen LogP contribution in [0.1, 0.15) is 35.6 Å². The zero-order valence-corrected chi connectivity index (χ0v) is 15.8. The molecule has 3 rings (SSSR count). The molecule has 140 valence electrons. The van der Waals surface area contributed by atoms with Gasteiger partial charge in [0.25, 0.3) is 0 Å². The van der Waals surface area contributed by atoms with E-state index in [1.54, 1.807) is 7.11 Å². The van der Waals surface area contributed by atoms with E-state index in [9.17, 15) is 5.11 Å². The van der Waals surface area contributed by atoms with Gasteiger partial charge in [-0.2, -0.15) is 0 Å². The molecule has 0 saturated carbocycles. The molecule has 0 saturated heterocycles. The van der Waals surface area contributed by atoms with Gasteiger partial charge in [-0.25, -0.2) is 0 Å². The predicted molar refractivity (Wildman–Crippen MR) is 103 cm³/mol. The lowest BCUT2D eigenvalue weighted by atomic mass is 9.89. The summed E-state index contributed by atoms with van der Waals surface area (Å²) in [6.07, 6.45) is 2.99. The van der Waals surface area contributed by atoms with Crippen LogP contribution in [-0.4, -0.2) is 38.5 Å². The van der Waals surface area contributed by atoms with Crippen LogP contribution in [0.25, 0.3) is 0 Å². The predicted octanol–water partition coefficient (Wildman–Crippen LogP) is 2.17. The lowest BCUT2D eigenvalue weighted by Gasteiger charge is -2.27. The fraction of sp³-hybridized carbons (Fsp3) is 0.455. The minimum absolute atomic E-state index is 0.122. The molecule has 26 heavy (non-hydrogen) atoms. The number of aliphatic hydroxyl groups is 1. The van der Waals surface area contributed by atoms with E-state index in [0.717, 1.165) is 31.6 Å². The average Bonchev–Trinajstić information content (AvgIpc) is 2.67. The van der Waals surface area contributed by atoms with Gasteiger partial charge in [0, 0.05) is 5.56 Å². The maximum atomic E-state index is 10.4. The molecule has 4 heteroatoms. The highest BCUT2D eigenvalue weighted by molar-refractivity contribution is 5.31. The number of aliphatic hydroxyl groups excluding tert-OH is 1. The van der Waals surface area contributed by atoms with Crippen LogP contribution in [-0.2, 0) is 17.7 Å². The third-order valence-corrected chi connectivity index (χ3v) is 5.05. The lowest BCUT2D eigenvalue weighted by molar-refractivity contribution is -0.897. The largest absolute Gasteiger partial charge is 0.497 e. The second kappa shape index (κ2) is 9.17. The summed E-state index contributed by atoms with van der Waals surface area (Å²) in [5.41, 5.74) is 3.92. The molecule has 1 aliphatic carbocycles. The molecule has 3 atom stereocenters. The van der Waals surface area contributed by atoms with Crippen LogP contribution in [0.5, 0.6) is 5.75 Å². The Morgan fingerprint density at radius 3 is 2.69 bits per heavy atom. The number of ether oxygens (including phenoxy) is 2. The Labute approximate surface area is 156 Å². The third-order valence-electron chi connectivity index (χ3n) is 5.05. The van der Waals surface area contributed by atoms with E-state index in [1.165, 1.54) is 21.6 Å². The number of hydrogen-bond donors (Lipinski definition) is 2.